The predicted octanol–water partition coefficient (Wildman–Crippen LogP) is 7.32. The van der Waals surface area contributed by atoms with Crippen LogP contribution in [0, 0.1) is 0 Å². The van der Waals surface area contributed by atoms with Crippen molar-refractivity contribution >= 4 is 35.4 Å². The summed E-state index contributed by atoms with van der Waals surface area (Å²) in [4.78, 5) is 40.0. The lowest BCUT2D eigenvalue weighted by molar-refractivity contribution is -0.109. The topological polar surface area (TPSA) is 82.2 Å². The zero-order valence-corrected chi connectivity index (χ0v) is 30.8. The molecule has 1 fully saturated rings. The Hall–Kier alpha value is -4.27. The molecule has 1 N–H and O–H groups in total. The molecule has 0 bridgehead atoms. The third-order valence-corrected chi connectivity index (χ3v) is 6.95. The summed E-state index contributed by atoms with van der Waals surface area (Å²) in [6.45, 7) is 20.4. The number of carbonyl (C=O) groups is 3. The molecule has 0 amide bonds. The quantitative estimate of drug-likeness (QED) is 0.0944. The zero-order chi connectivity index (χ0) is 36.2. The fourth-order valence-corrected chi connectivity index (χ4v) is 3.99. The predicted molar refractivity (Wildman–Crippen MR) is 202 cm³/mol. The molecule has 3 rings (SSSR count). The van der Waals surface area contributed by atoms with Gasteiger partial charge in [0, 0.05) is 69.8 Å². The summed E-state index contributed by atoms with van der Waals surface area (Å²) in [5.74, 6) is -0.413. The number of esters is 1. The monoisotopic (exact) mass is 648 g/mol. The van der Waals surface area contributed by atoms with Crippen LogP contribution in [0.5, 0.6) is 0 Å². The maximum Gasteiger partial charge on any atom is 0.337 e. The first-order valence-corrected chi connectivity index (χ1v) is 16.2. The SMILES string of the molecule is C=C/C=C\C=C(/C)N(C)C.CC.CC.CN1CCN(CC=O)CC1.CNc1cc(C(=O)OC)ccc1/C(C=O)=C(/C)c1ccccc1. The Morgan fingerprint density at radius 3 is 2.00 bits per heavy atom. The number of nitrogens with one attached hydrogen (secondary N) is 1. The fourth-order valence-electron chi connectivity index (χ4n) is 3.99. The number of ether oxygens (including phenoxy) is 1. The molecular formula is C39H60N4O4. The molecule has 8 heteroatoms. The Bertz CT molecular complexity index is 1260. The van der Waals surface area contributed by atoms with Crippen LogP contribution in [0.3, 0.4) is 0 Å². The summed E-state index contributed by atoms with van der Waals surface area (Å²) in [5, 5.41) is 3.04. The van der Waals surface area contributed by atoms with E-state index in [1.807, 2.05) is 97.3 Å². The van der Waals surface area contributed by atoms with Crippen LogP contribution in [0.2, 0.25) is 0 Å². The van der Waals surface area contributed by atoms with E-state index in [-0.39, 0.29) is 0 Å². The van der Waals surface area contributed by atoms with Gasteiger partial charge in [-0.1, -0.05) is 88.9 Å². The second-order valence-corrected chi connectivity index (χ2v) is 10.1. The minimum absolute atomic E-state index is 0.413. The molecule has 2 aromatic carbocycles. The molecule has 2 aromatic rings. The normalized spacial score (nSPS) is 13.3. The van der Waals surface area contributed by atoms with Gasteiger partial charge in [0.05, 0.1) is 19.2 Å². The van der Waals surface area contributed by atoms with Gasteiger partial charge in [-0.15, -0.1) is 0 Å². The summed E-state index contributed by atoms with van der Waals surface area (Å²) >= 11 is 0. The number of rotatable bonds is 10. The van der Waals surface area contributed by atoms with Gasteiger partial charge in [-0.3, -0.25) is 9.69 Å². The van der Waals surface area contributed by atoms with E-state index >= 15 is 0 Å². The molecule has 0 spiro atoms. The van der Waals surface area contributed by atoms with E-state index in [0.29, 0.717) is 23.4 Å². The van der Waals surface area contributed by atoms with Gasteiger partial charge in [-0.25, -0.2) is 4.79 Å². The van der Waals surface area contributed by atoms with E-state index in [4.69, 9.17) is 4.74 Å². The highest BCUT2D eigenvalue weighted by molar-refractivity contribution is 6.18. The molecule has 0 saturated carbocycles. The third kappa shape index (κ3) is 17.9. The van der Waals surface area contributed by atoms with Gasteiger partial charge < -0.3 is 24.6 Å². The van der Waals surface area contributed by atoms with Gasteiger partial charge in [0.1, 0.15) is 6.29 Å². The second-order valence-electron chi connectivity index (χ2n) is 10.1. The molecule has 0 unspecified atom stereocenters. The van der Waals surface area contributed by atoms with Crippen molar-refractivity contribution in [2.45, 2.75) is 41.5 Å². The van der Waals surface area contributed by atoms with Crippen molar-refractivity contribution in [1.82, 2.24) is 14.7 Å². The average molecular weight is 649 g/mol. The minimum atomic E-state index is -0.413. The molecule has 8 nitrogen and oxygen atoms in total. The number of hydrogen-bond donors (Lipinski definition) is 1. The van der Waals surface area contributed by atoms with E-state index in [9.17, 15) is 14.4 Å². The maximum absolute atomic E-state index is 11.7. The van der Waals surface area contributed by atoms with Crippen LogP contribution in [0.25, 0.3) is 11.1 Å². The summed E-state index contributed by atoms with van der Waals surface area (Å²) in [7, 11) is 9.24. The molecule has 47 heavy (non-hydrogen) atoms. The first kappa shape index (κ1) is 44.9. The lowest BCUT2D eigenvalue weighted by Gasteiger charge is -2.30. The average Bonchev–Trinajstić information content (AvgIpc) is 3.12. The number of nitrogens with zero attached hydrogens (tertiary/aromatic N) is 3. The molecule has 1 aliphatic rings. The summed E-state index contributed by atoms with van der Waals surface area (Å²) in [6.07, 6.45) is 9.51. The van der Waals surface area contributed by atoms with E-state index in [1.54, 1.807) is 31.3 Å². The largest absolute Gasteiger partial charge is 0.465 e. The fraction of sp³-hybridized carbons (Fsp3) is 0.410. The van der Waals surface area contributed by atoms with Crippen LogP contribution in [0.4, 0.5) is 5.69 Å². The van der Waals surface area contributed by atoms with Crippen LogP contribution < -0.4 is 5.32 Å². The highest BCUT2D eigenvalue weighted by Gasteiger charge is 2.14. The molecule has 0 aromatic heterocycles. The molecule has 0 aliphatic carbocycles. The Labute approximate surface area is 285 Å². The number of benzene rings is 2. The standard InChI is InChI=1S/C19H19NO3.C9H15N.C7H14N2O.2C2H6/c1-13(14-7-5-4-6-8-14)17(12-21)16-10-9-15(19(22)23-3)11-18(16)20-2;1-5-6-7-8-9(2)10(3)4;1-8-2-4-9(5-3-8)6-7-10;2*1-2/h4-12,20H,1-3H3;5-8H,1H2,2-4H3;7H,2-6H2,1H3;2*1-2H3/b17-13-;7-6-,9-8+;;;. The van der Waals surface area contributed by atoms with Crippen molar-refractivity contribution in [2.24, 2.45) is 0 Å². The number of allylic oxidation sites excluding steroid dienone is 7. The van der Waals surface area contributed by atoms with Crippen LogP contribution in [0.15, 0.2) is 85.1 Å². The molecule has 1 saturated heterocycles. The maximum atomic E-state index is 11.7. The van der Waals surface area contributed by atoms with Crippen molar-refractivity contribution in [3.05, 3.63) is 102 Å². The Morgan fingerprint density at radius 2 is 1.53 bits per heavy atom. The lowest BCUT2D eigenvalue weighted by Crippen LogP contribution is -2.44. The number of aldehydes is 2. The smallest absolute Gasteiger partial charge is 0.337 e. The lowest BCUT2D eigenvalue weighted by atomic mass is 9.94. The number of anilines is 1. The van der Waals surface area contributed by atoms with Crippen LogP contribution in [0.1, 0.15) is 63.0 Å². The first-order valence-electron chi connectivity index (χ1n) is 16.2. The highest BCUT2D eigenvalue weighted by atomic mass is 16.5. The number of piperazine rings is 1. The third-order valence-electron chi connectivity index (χ3n) is 6.95. The van der Waals surface area contributed by atoms with Crippen LogP contribution in [-0.2, 0) is 14.3 Å². The van der Waals surface area contributed by atoms with Gasteiger partial charge in [0.2, 0.25) is 0 Å². The zero-order valence-electron chi connectivity index (χ0n) is 30.8. The van der Waals surface area contributed by atoms with Crippen molar-refractivity contribution in [1.29, 1.82) is 0 Å². The van der Waals surface area contributed by atoms with Crippen molar-refractivity contribution < 1.29 is 19.1 Å². The molecule has 0 atom stereocenters. The van der Waals surface area contributed by atoms with Crippen molar-refractivity contribution in [2.75, 3.05) is 73.3 Å². The molecule has 1 aliphatic heterocycles. The Morgan fingerprint density at radius 1 is 0.936 bits per heavy atom. The van der Waals surface area contributed by atoms with Crippen molar-refractivity contribution in [3.63, 3.8) is 0 Å². The first-order chi connectivity index (χ1) is 22.6. The van der Waals surface area contributed by atoms with Gasteiger partial charge >= 0.3 is 5.97 Å². The molecule has 1 heterocycles. The molecular weight excluding hydrogens is 588 g/mol. The van der Waals surface area contributed by atoms with Gasteiger partial charge in [0.25, 0.3) is 0 Å². The van der Waals surface area contributed by atoms with E-state index in [0.717, 1.165) is 55.5 Å². The Balaban J connectivity index is 0. The second kappa shape index (κ2) is 28.0. The molecule has 0 radical (unpaired) electrons. The van der Waals surface area contributed by atoms with Gasteiger partial charge in [-0.05, 0) is 50.2 Å². The van der Waals surface area contributed by atoms with E-state index in [2.05, 4.69) is 40.6 Å². The van der Waals surface area contributed by atoms with E-state index < -0.39 is 5.97 Å². The van der Waals surface area contributed by atoms with Gasteiger partial charge in [0.15, 0.2) is 6.29 Å². The van der Waals surface area contributed by atoms with Crippen LogP contribution in [-0.4, -0.2) is 101 Å². The Kier molecular flexibility index (Phi) is 26.7. The van der Waals surface area contributed by atoms with E-state index in [1.165, 1.54) is 12.8 Å². The number of methoxy groups -OCH3 is 1. The number of carbonyl (C=O) groups excluding carboxylic acids is 3. The number of hydrogen-bond acceptors (Lipinski definition) is 8. The summed E-state index contributed by atoms with van der Waals surface area (Å²) in [5.41, 5.74) is 5.55. The van der Waals surface area contributed by atoms with Crippen molar-refractivity contribution in [3.8, 4) is 0 Å². The number of likely N-dealkylation sites (N-methyl/N-ethyl adjacent to an activating group) is 1. The molecule has 260 valence electrons. The summed E-state index contributed by atoms with van der Waals surface area (Å²) < 4.78 is 4.73. The van der Waals surface area contributed by atoms with Gasteiger partial charge in [-0.2, -0.15) is 0 Å². The highest BCUT2D eigenvalue weighted by Crippen LogP contribution is 2.30. The van der Waals surface area contributed by atoms with Crippen LogP contribution >= 0.6 is 0 Å². The minimum Gasteiger partial charge on any atom is -0.465 e. The summed E-state index contributed by atoms with van der Waals surface area (Å²) in [6, 6.07) is 14.8.